The molecule has 1 unspecified atom stereocenters. The average Bonchev–Trinajstić information content (AvgIpc) is 3.17. The predicted octanol–water partition coefficient (Wildman–Crippen LogP) is 3.98. The first-order valence-corrected chi connectivity index (χ1v) is 9.21. The maximum Gasteiger partial charge on any atom is 0.321 e. The van der Waals surface area contributed by atoms with Crippen LogP contribution in [0.2, 0.25) is 0 Å². The number of nitrogens with zero attached hydrogens (tertiary/aromatic N) is 4. The number of amides is 2. The molecule has 1 aliphatic heterocycles. The maximum atomic E-state index is 12.6. The third-order valence-corrected chi connectivity index (χ3v) is 4.59. The van der Waals surface area contributed by atoms with E-state index < -0.39 is 0 Å². The number of hydrogen-bond acceptors (Lipinski definition) is 6. The number of urea groups is 1. The molecule has 144 valence electrons. The van der Waals surface area contributed by atoms with Gasteiger partial charge in [0.1, 0.15) is 11.5 Å². The Balaban J connectivity index is 1.35. The molecule has 0 spiro atoms. The second-order valence-corrected chi connectivity index (χ2v) is 6.70. The second-order valence-electron chi connectivity index (χ2n) is 6.70. The number of ether oxygens (including phenoxy) is 1. The first kappa shape index (κ1) is 18.0. The first-order valence-electron chi connectivity index (χ1n) is 9.21. The topological polar surface area (TPSA) is 93.4 Å². The molecule has 1 aliphatic rings. The lowest BCUT2D eigenvalue weighted by Gasteiger charge is -2.31. The van der Waals surface area contributed by atoms with Crippen molar-refractivity contribution in [2.45, 2.75) is 25.7 Å². The normalized spacial score (nSPS) is 16.6. The highest BCUT2D eigenvalue weighted by atomic mass is 16.5. The van der Waals surface area contributed by atoms with Gasteiger partial charge in [-0.2, -0.15) is 4.98 Å². The van der Waals surface area contributed by atoms with Gasteiger partial charge in [0.25, 0.3) is 0 Å². The highest BCUT2D eigenvalue weighted by Crippen LogP contribution is 2.26. The van der Waals surface area contributed by atoms with Crippen molar-refractivity contribution < 1.29 is 14.1 Å². The number of carbonyl (C=O) groups excluding carboxylic acids is 1. The zero-order valence-electron chi connectivity index (χ0n) is 15.5. The fraction of sp³-hybridized carbons (Fsp3) is 0.300. The lowest BCUT2D eigenvalue weighted by molar-refractivity contribution is 0.190. The van der Waals surface area contributed by atoms with Crippen LogP contribution in [0.15, 0.2) is 53.3 Å². The smallest absolute Gasteiger partial charge is 0.321 e. The highest BCUT2D eigenvalue weighted by Gasteiger charge is 2.27. The van der Waals surface area contributed by atoms with Gasteiger partial charge in [-0.25, -0.2) is 4.79 Å². The summed E-state index contributed by atoms with van der Waals surface area (Å²) in [6.07, 6.45) is 5.19. The summed E-state index contributed by atoms with van der Waals surface area (Å²) in [7, 11) is 0. The molecule has 0 aliphatic carbocycles. The van der Waals surface area contributed by atoms with Crippen LogP contribution in [0.1, 0.15) is 30.5 Å². The van der Waals surface area contributed by atoms with E-state index in [-0.39, 0.29) is 11.9 Å². The molecular weight excluding hydrogens is 358 g/mol. The van der Waals surface area contributed by atoms with Gasteiger partial charge in [-0.15, -0.1) is 0 Å². The van der Waals surface area contributed by atoms with Crippen molar-refractivity contribution in [3.8, 4) is 11.5 Å². The Labute approximate surface area is 162 Å². The van der Waals surface area contributed by atoms with E-state index in [1.807, 2.05) is 36.4 Å². The zero-order chi connectivity index (χ0) is 19.3. The third-order valence-electron chi connectivity index (χ3n) is 4.59. The van der Waals surface area contributed by atoms with Gasteiger partial charge in [-0.05, 0) is 49.2 Å². The number of aromatic nitrogens is 3. The van der Waals surface area contributed by atoms with Gasteiger partial charge in [0, 0.05) is 37.8 Å². The van der Waals surface area contributed by atoms with Gasteiger partial charge in [0.05, 0.1) is 6.20 Å². The minimum atomic E-state index is -0.133. The Morgan fingerprint density at radius 1 is 1.25 bits per heavy atom. The summed E-state index contributed by atoms with van der Waals surface area (Å²) in [5.74, 6) is 2.66. The molecule has 8 heteroatoms. The quantitative estimate of drug-likeness (QED) is 0.737. The number of aryl methyl sites for hydroxylation is 1. The average molecular weight is 379 g/mol. The summed E-state index contributed by atoms with van der Waals surface area (Å²) in [6, 6.07) is 10.8. The molecule has 1 fully saturated rings. The molecule has 0 radical (unpaired) electrons. The first-order chi connectivity index (χ1) is 13.7. The molecule has 0 saturated carbocycles. The molecule has 1 atom stereocenters. The van der Waals surface area contributed by atoms with Crippen LogP contribution in [-0.4, -0.2) is 39.1 Å². The molecule has 3 heterocycles. The van der Waals surface area contributed by atoms with Crippen molar-refractivity contribution >= 4 is 11.7 Å². The van der Waals surface area contributed by atoms with Crippen molar-refractivity contribution in [1.82, 2.24) is 20.0 Å². The lowest BCUT2D eigenvalue weighted by Crippen LogP contribution is -2.41. The number of carbonyl (C=O) groups is 1. The summed E-state index contributed by atoms with van der Waals surface area (Å²) < 4.78 is 10.8. The third kappa shape index (κ3) is 4.28. The van der Waals surface area contributed by atoms with E-state index >= 15 is 0 Å². The van der Waals surface area contributed by atoms with Crippen LogP contribution in [0.5, 0.6) is 11.5 Å². The fourth-order valence-corrected chi connectivity index (χ4v) is 3.21. The number of pyridine rings is 1. The van der Waals surface area contributed by atoms with E-state index in [4.69, 9.17) is 9.26 Å². The number of likely N-dealkylation sites (tertiary alicyclic amines) is 1. The minimum Gasteiger partial charge on any atom is -0.456 e. The molecule has 2 amide bonds. The van der Waals surface area contributed by atoms with E-state index in [9.17, 15) is 4.79 Å². The Bertz CT molecular complexity index is 927. The van der Waals surface area contributed by atoms with Gasteiger partial charge in [-0.3, -0.25) is 4.98 Å². The van der Waals surface area contributed by atoms with Crippen LogP contribution < -0.4 is 10.1 Å². The minimum absolute atomic E-state index is 0.104. The number of nitrogens with one attached hydrogen (secondary N) is 1. The molecule has 1 aromatic carbocycles. The van der Waals surface area contributed by atoms with E-state index in [2.05, 4.69) is 20.4 Å². The van der Waals surface area contributed by atoms with E-state index in [0.717, 1.165) is 12.8 Å². The van der Waals surface area contributed by atoms with Gasteiger partial charge in [-0.1, -0.05) is 5.16 Å². The van der Waals surface area contributed by atoms with Crippen LogP contribution in [0.3, 0.4) is 0 Å². The summed E-state index contributed by atoms with van der Waals surface area (Å²) >= 11 is 0. The van der Waals surface area contributed by atoms with E-state index in [1.165, 1.54) is 0 Å². The van der Waals surface area contributed by atoms with Gasteiger partial charge in [0.15, 0.2) is 5.82 Å². The summed E-state index contributed by atoms with van der Waals surface area (Å²) in [5, 5.41) is 6.93. The van der Waals surface area contributed by atoms with Crippen LogP contribution in [0, 0.1) is 6.92 Å². The van der Waals surface area contributed by atoms with Crippen molar-refractivity contribution in [2.75, 3.05) is 18.4 Å². The molecule has 2 aromatic heterocycles. The van der Waals surface area contributed by atoms with Crippen LogP contribution in [0.25, 0.3) is 0 Å². The number of piperidine rings is 1. The summed E-state index contributed by atoms with van der Waals surface area (Å²) in [4.78, 5) is 22.7. The van der Waals surface area contributed by atoms with Gasteiger partial charge < -0.3 is 19.5 Å². The molecule has 8 nitrogen and oxygen atoms in total. The van der Waals surface area contributed by atoms with Crippen molar-refractivity contribution in [3.05, 3.63) is 60.5 Å². The maximum absolute atomic E-state index is 12.6. The standard InChI is InChI=1S/C20H21N5O3/c1-14-22-19(24-28-14)15-4-3-11-25(13-15)20(26)23-16-6-8-17(9-7-16)27-18-5-2-10-21-12-18/h2,5-10,12,15H,3-4,11,13H2,1H3,(H,23,26). The molecule has 0 bridgehead atoms. The van der Waals surface area contributed by atoms with Crippen molar-refractivity contribution in [2.24, 2.45) is 0 Å². The molecule has 28 heavy (non-hydrogen) atoms. The molecule has 1 saturated heterocycles. The van der Waals surface area contributed by atoms with Crippen LogP contribution in [-0.2, 0) is 0 Å². The zero-order valence-corrected chi connectivity index (χ0v) is 15.5. The number of anilines is 1. The highest BCUT2D eigenvalue weighted by molar-refractivity contribution is 5.89. The summed E-state index contributed by atoms with van der Waals surface area (Å²) in [5.41, 5.74) is 0.709. The molecule has 1 N–H and O–H groups in total. The lowest BCUT2D eigenvalue weighted by atomic mass is 9.98. The fourth-order valence-electron chi connectivity index (χ4n) is 3.21. The van der Waals surface area contributed by atoms with Crippen LogP contribution in [0.4, 0.5) is 10.5 Å². The predicted molar refractivity (Wildman–Crippen MR) is 102 cm³/mol. The number of rotatable bonds is 4. The van der Waals surface area contributed by atoms with E-state index in [0.29, 0.717) is 42.0 Å². The Kier molecular flexibility index (Phi) is 5.18. The summed E-state index contributed by atoms with van der Waals surface area (Å²) in [6.45, 7) is 3.06. The number of hydrogen-bond donors (Lipinski definition) is 1. The molecular formula is C20H21N5O3. The molecule has 4 rings (SSSR count). The monoisotopic (exact) mass is 379 g/mol. The molecule has 3 aromatic rings. The van der Waals surface area contributed by atoms with Crippen molar-refractivity contribution in [3.63, 3.8) is 0 Å². The second kappa shape index (κ2) is 8.08. The van der Waals surface area contributed by atoms with Crippen LogP contribution >= 0.6 is 0 Å². The number of benzene rings is 1. The van der Waals surface area contributed by atoms with Gasteiger partial charge in [0.2, 0.25) is 5.89 Å². The van der Waals surface area contributed by atoms with E-state index in [1.54, 1.807) is 24.2 Å². The van der Waals surface area contributed by atoms with Gasteiger partial charge >= 0.3 is 6.03 Å². The Morgan fingerprint density at radius 2 is 2.11 bits per heavy atom. The Hall–Kier alpha value is -3.42. The van der Waals surface area contributed by atoms with Crippen molar-refractivity contribution in [1.29, 1.82) is 0 Å². The Morgan fingerprint density at radius 3 is 2.82 bits per heavy atom. The largest absolute Gasteiger partial charge is 0.456 e. The SMILES string of the molecule is Cc1nc(C2CCCN(C(=O)Nc3ccc(Oc4cccnc4)cc3)C2)no1.